The van der Waals surface area contributed by atoms with Gasteiger partial charge in [-0.3, -0.25) is 19.2 Å². The van der Waals surface area contributed by atoms with Crippen molar-refractivity contribution in [1.82, 2.24) is 19.4 Å². The second-order valence-corrected chi connectivity index (χ2v) is 9.06. The third-order valence-electron chi connectivity index (χ3n) is 6.45. The van der Waals surface area contributed by atoms with E-state index in [2.05, 4.69) is 20.2 Å². The molecule has 4 rings (SSSR count). The number of nitrogens with one attached hydrogen (secondary N) is 1. The number of quaternary nitrogens is 1. The number of halogens is 1. The predicted octanol–water partition coefficient (Wildman–Crippen LogP) is 2.90. The zero-order valence-corrected chi connectivity index (χ0v) is 19.4. The van der Waals surface area contributed by atoms with Crippen molar-refractivity contribution >= 4 is 34.1 Å². The Bertz CT molecular complexity index is 1180. The van der Waals surface area contributed by atoms with E-state index in [-0.39, 0.29) is 33.8 Å². The van der Waals surface area contributed by atoms with E-state index in [1.54, 1.807) is 6.20 Å². The third kappa shape index (κ3) is 4.39. The fourth-order valence-corrected chi connectivity index (χ4v) is 4.62. The van der Waals surface area contributed by atoms with Crippen LogP contribution in [-0.2, 0) is 4.74 Å². The minimum Gasteiger partial charge on any atom is -0.379 e. The van der Waals surface area contributed by atoms with Crippen molar-refractivity contribution in [2.75, 3.05) is 46.7 Å². The maximum absolute atomic E-state index is 15.4. The number of hydrogen-bond donors (Lipinski definition) is 2. The van der Waals surface area contributed by atoms with Gasteiger partial charge in [-0.1, -0.05) is 6.07 Å². The molecule has 0 aliphatic carbocycles. The Morgan fingerprint density at radius 3 is 2.79 bits per heavy atom. The van der Waals surface area contributed by atoms with E-state index in [4.69, 9.17) is 10.5 Å². The van der Waals surface area contributed by atoms with Crippen LogP contribution in [0.2, 0.25) is 0 Å². The Morgan fingerprint density at radius 2 is 2.06 bits per heavy atom. The monoisotopic (exact) mass is 453 g/mol. The second-order valence-electron chi connectivity index (χ2n) is 9.06. The van der Waals surface area contributed by atoms with Gasteiger partial charge in [-0.05, 0) is 44.4 Å². The number of pyridine rings is 2. The first kappa shape index (κ1) is 23.0. The Kier molecular flexibility index (Phi) is 6.29. The standard InChI is InChI=1S/C24H29FN6O2/c1-30(2)20-14-33-12-10-21(20)31(3,4)24-17(25)13-16(22(26)32)23(29-24)28-19-9-5-8-18-15(19)7-6-11-27-18/h5-9,11,13,20-21H,10,12,14H2,1-4H3,(H2-,26,27,28,29,32)/p+1. The number of nitrogens with two attached hydrogens (primary N) is 1. The zero-order valence-electron chi connectivity index (χ0n) is 19.4. The maximum atomic E-state index is 15.4. The summed E-state index contributed by atoms with van der Waals surface area (Å²) in [7, 11) is 7.86. The van der Waals surface area contributed by atoms with Gasteiger partial charge in [0.15, 0.2) is 0 Å². The smallest absolute Gasteiger partial charge is 0.265 e. The summed E-state index contributed by atoms with van der Waals surface area (Å²) in [5, 5.41) is 4.07. The summed E-state index contributed by atoms with van der Waals surface area (Å²) >= 11 is 0. The van der Waals surface area contributed by atoms with Gasteiger partial charge in [-0.15, -0.1) is 0 Å². The van der Waals surface area contributed by atoms with Crippen LogP contribution >= 0.6 is 0 Å². The van der Waals surface area contributed by atoms with Gasteiger partial charge in [0, 0.05) is 23.7 Å². The molecule has 1 saturated heterocycles. The summed E-state index contributed by atoms with van der Waals surface area (Å²) in [4.78, 5) is 23.3. The topological polar surface area (TPSA) is 93.4 Å². The number of rotatable bonds is 6. The molecule has 2 aromatic heterocycles. The molecular formula is C24H30FN6O2+. The lowest BCUT2D eigenvalue weighted by atomic mass is 9.98. The summed E-state index contributed by atoms with van der Waals surface area (Å²) in [5.74, 6) is -0.867. The van der Waals surface area contributed by atoms with Crippen molar-refractivity contribution in [3.8, 4) is 0 Å². The quantitative estimate of drug-likeness (QED) is 0.558. The molecule has 3 N–H and O–H groups in total. The van der Waals surface area contributed by atoms with Crippen molar-refractivity contribution in [2.24, 2.45) is 5.73 Å². The lowest BCUT2D eigenvalue weighted by molar-refractivity contribution is -0.0128. The van der Waals surface area contributed by atoms with E-state index >= 15 is 4.39 Å². The molecule has 1 fully saturated rings. The average molecular weight is 454 g/mol. The normalized spacial score (nSPS) is 19.1. The largest absolute Gasteiger partial charge is 0.379 e. The Morgan fingerprint density at radius 1 is 1.27 bits per heavy atom. The summed E-state index contributed by atoms with van der Waals surface area (Å²) in [6.07, 6.45) is 2.47. The number of primary amides is 1. The number of carbonyl (C=O) groups is 1. The van der Waals surface area contributed by atoms with Crippen LogP contribution in [0, 0.1) is 5.82 Å². The number of nitrogens with zero attached hydrogens (tertiary/aromatic N) is 4. The summed E-state index contributed by atoms with van der Waals surface area (Å²) < 4.78 is 21.3. The van der Waals surface area contributed by atoms with Gasteiger partial charge in [0.25, 0.3) is 11.7 Å². The van der Waals surface area contributed by atoms with Crippen LogP contribution in [0.3, 0.4) is 0 Å². The molecular weight excluding hydrogens is 423 g/mol. The lowest BCUT2D eigenvalue weighted by Gasteiger charge is -2.45. The lowest BCUT2D eigenvalue weighted by Crippen LogP contribution is -2.63. The molecule has 1 aromatic carbocycles. The molecule has 0 radical (unpaired) electrons. The molecule has 1 aliphatic heterocycles. The fraction of sp³-hybridized carbons (Fsp3) is 0.375. The van der Waals surface area contributed by atoms with Crippen LogP contribution in [0.1, 0.15) is 16.8 Å². The summed E-state index contributed by atoms with van der Waals surface area (Å²) in [6.45, 7) is 1.17. The van der Waals surface area contributed by atoms with E-state index < -0.39 is 11.7 Å². The molecule has 1 aliphatic rings. The molecule has 2 unspecified atom stereocenters. The molecule has 0 saturated carbocycles. The molecule has 1 amide bonds. The van der Waals surface area contributed by atoms with Crippen molar-refractivity contribution < 1.29 is 13.9 Å². The first-order valence-electron chi connectivity index (χ1n) is 10.9. The number of amides is 1. The molecule has 3 heterocycles. The molecule has 3 aromatic rings. The number of ether oxygens (including phenoxy) is 1. The van der Waals surface area contributed by atoms with Crippen molar-refractivity contribution in [3.05, 3.63) is 54.0 Å². The molecule has 0 bridgehead atoms. The van der Waals surface area contributed by atoms with Gasteiger partial charge in [0.1, 0.15) is 11.9 Å². The number of likely N-dealkylation sites (N-methyl/N-ethyl adjacent to an activating group) is 2. The Balaban J connectivity index is 1.81. The highest BCUT2D eigenvalue weighted by molar-refractivity contribution is 6.00. The van der Waals surface area contributed by atoms with Crippen LogP contribution in [0.15, 0.2) is 42.6 Å². The van der Waals surface area contributed by atoms with Gasteiger partial charge in [-0.2, -0.15) is 9.37 Å². The highest BCUT2D eigenvalue weighted by atomic mass is 19.1. The zero-order chi connectivity index (χ0) is 23.8. The highest BCUT2D eigenvalue weighted by Crippen LogP contribution is 2.34. The molecule has 33 heavy (non-hydrogen) atoms. The number of carbonyl (C=O) groups excluding carboxylic acids is 1. The van der Waals surface area contributed by atoms with Crippen LogP contribution in [0.5, 0.6) is 0 Å². The van der Waals surface area contributed by atoms with Gasteiger partial charge in [-0.25, -0.2) is 0 Å². The minimum atomic E-state index is -0.753. The van der Waals surface area contributed by atoms with Crippen LogP contribution in [0.4, 0.5) is 21.7 Å². The molecule has 8 nitrogen and oxygen atoms in total. The van der Waals surface area contributed by atoms with E-state index in [0.29, 0.717) is 18.9 Å². The fourth-order valence-electron chi connectivity index (χ4n) is 4.62. The van der Waals surface area contributed by atoms with E-state index in [0.717, 1.165) is 17.3 Å². The first-order valence-corrected chi connectivity index (χ1v) is 10.9. The van der Waals surface area contributed by atoms with Crippen molar-refractivity contribution in [2.45, 2.75) is 18.5 Å². The second kappa shape index (κ2) is 9.01. The van der Waals surface area contributed by atoms with E-state index in [1.807, 2.05) is 58.5 Å². The minimum absolute atomic E-state index is 0.00622. The molecule has 2 atom stereocenters. The molecule has 0 spiro atoms. The van der Waals surface area contributed by atoms with Gasteiger partial charge in [0.2, 0.25) is 5.82 Å². The van der Waals surface area contributed by atoms with Crippen molar-refractivity contribution in [3.63, 3.8) is 0 Å². The van der Waals surface area contributed by atoms with Crippen molar-refractivity contribution in [1.29, 1.82) is 0 Å². The number of hydrogen-bond acceptors (Lipinski definition) is 6. The SMILES string of the molecule is CN(C)C1COCCC1[N+](C)(C)c1nc(Nc2cccc3ncccc23)c(C(N)=O)cc1F. The number of anilines is 2. The Labute approximate surface area is 192 Å². The van der Waals surface area contributed by atoms with E-state index in [9.17, 15) is 4.79 Å². The van der Waals surface area contributed by atoms with Crippen LogP contribution in [-0.4, -0.2) is 74.3 Å². The van der Waals surface area contributed by atoms with Gasteiger partial charge >= 0.3 is 0 Å². The highest BCUT2D eigenvalue weighted by Gasteiger charge is 2.43. The number of fused-ring (bicyclic) bond motifs is 1. The van der Waals surface area contributed by atoms with Crippen LogP contribution in [0.25, 0.3) is 10.9 Å². The predicted molar refractivity (Wildman–Crippen MR) is 128 cm³/mol. The summed E-state index contributed by atoms with van der Waals surface area (Å²) in [6, 6.07) is 10.7. The molecule has 174 valence electrons. The number of benzene rings is 1. The average Bonchev–Trinajstić information content (AvgIpc) is 2.80. The van der Waals surface area contributed by atoms with Gasteiger partial charge in [0.05, 0.1) is 44.4 Å². The Hall–Kier alpha value is -3.14. The number of aromatic nitrogens is 2. The third-order valence-corrected chi connectivity index (χ3v) is 6.45. The summed E-state index contributed by atoms with van der Waals surface area (Å²) in [5.41, 5.74) is 7.07. The maximum Gasteiger partial charge on any atom is 0.265 e. The van der Waals surface area contributed by atoms with E-state index in [1.165, 1.54) is 6.07 Å². The molecule has 9 heteroatoms. The van der Waals surface area contributed by atoms with Crippen LogP contribution < -0.4 is 15.5 Å². The van der Waals surface area contributed by atoms with Gasteiger partial charge < -0.3 is 15.8 Å². The first-order chi connectivity index (χ1) is 15.7.